The normalized spacial score (nSPS) is 24.5. The summed E-state index contributed by atoms with van der Waals surface area (Å²) in [7, 11) is 0. The molecule has 0 amide bonds. The van der Waals surface area contributed by atoms with Crippen LogP contribution >= 0.6 is 0 Å². The Bertz CT molecular complexity index is 2830. The highest BCUT2D eigenvalue weighted by Gasteiger charge is 2.60. The molecule has 0 radical (unpaired) electrons. The van der Waals surface area contributed by atoms with Gasteiger partial charge in [0.1, 0.15) is 11.6 Å². The third kappa shape index (κ3) is 24.0. The Morgan fingerprint density at radius 3 is 1.36 bits per heavy atom. The van der Waals surface area contributed by atoms with Crippen LogP contribution in [0.5, 0.6) is 0 Å². The first kappa shape index (κ1) is 87.5. The third-order valence-corrected chi connectivity index (χ3v) is 19.2. The molecule has 13 unspecified atom stereocenters. The minimum absolute atomic E-state index is 0.0215. The van der Waals surface area contributed by atoms with Crippen LogP contribution in [0.1, 0.15) is 217 Å². The van der Waals surface area contributed by atoms with Gasteiger partial charge in [-0.25, -0.2) is 18.4 Å². The highest BCUT2D eigenvalue weighted by Crippen LogP contribution is 2.48. The van der Waals surface area contributed by atoms with Gasteiger partial charge in [0.15, 0.2) is 19.3 Å². The molecule has 2 aliphatic rings. The van der Waals surface area contributed by atoms with Gasteiger partial charge in [-0.1, -0.05) is 149 Å². The number of Topliss-reactive ketones (excluding diaryl/α,β-unsaturated/α-hetero) is 2. The summed E-state index contributed by atoms with van der Waals surface area (Å²) in [5, 5.41) is 3.66. The molecule has 2 aromatic rings. The maximum Gasteiger partial charge on any atom is 0.425 e. The van der Waals surface area contributed by atoms with Gasteiger partial charge in [-0.05, 0) is 122 Å². The minimum atomic E-state index is -5.89. The molecule has 2 heterocycles. The number of unbranched alkanes of at least 4 members (excludes halogenated alkanes) is 2. The van der Waals surface area contributed by atoms with Crippen LogP contribution in [-0.4, -0.2) is 143 Å². The second kappa shape index (κ2) is 37.2. The Morgan fingerprint density at radius 2 is 0.969 bits per heavy atom. The molecule has 0 saturated carbocycles. The molecule has 0 spiro atoms. The number of ether oxygens (including phenoxy) is 4. The number of hydrogen-bond donors (Lipinski definition) is 0. The van der Waals surface area contributed by atoms with Crippen LogP contribution < -0.4 is 0 Å². The van der Waals surface area contributed by atoms with Crippen LogP contribution in [0.2, 0.25) is 0 Å². The fraction of sp³-hybridized carbons (Fsp3) is 0.718. The van der Waals surface area contributed by atoms with Crippen LogP contribution in [0, 0.1) is 23.2 Å². The van der Waals surface area contributed by atoms with E-state index in [1.54, 1.807) is 12.0 Å². The van der Waals surface area contributed by atoms with Crippen LogP contribution in [0.15, 0.2) is 72.8 Å². The predicted molar refractivity (Wildman–Crippen MR) is 342 cm³/mol. The Balaban J connectivity index is 0.000000567. The van der Waals surface area contributed by atoms with Crippen molar-refractivity contribution in [2.75, 3.05) is 33.0 Å². The lowest BCUT2D eigenvalue weighted by Gasteiger charge is -2.56. The Hall–Kier alpha value is -5.60. The molecule has 2 aromatic carbocycles. The molecular formula is C71H104F12N2O12. The van der Waals surface area contributed by atoms with E-state index < -0.39 is 120 Å². The average molecular weight is 1410 g/mol. The molecule has 14 nitrogen and oxygen atoms in total. The lowest BCUT2D eigenvalue weighted by Crippen LogP contribution is -2.67. The maximum absolute atomic E-state index is 14.3. The number of ketones is 2. The van der Waals surface area contributed by atoms with Crippen LogP contribution in [0.25, 0.3) is 0 Å². The molecular weight excluding hydrogens is 1300 g/mol. The van der Waals surface area contributed by atoms with Crippen molar-refractivity contribution in [2.24, 2.45) is 23.2 Å². The molecule has 0 bridgehead atoms. The molecule has 2 aliphatic heterocycles. The van der Waals surface area contributed by atoms with Crippen molar-refractivity contribution in [1.29, 1.82) is 0 Å². The van der Waals surface area contributed by atoms with E-state index in [2.05, 4.69) is 65.0 Å². The SMILES string of the molecule is C=C(C)C(=O)OCC(F)(F)C(F)C(F)(F)F.CCCCOC(=O)C(CC(C)c1ccccc1)CC(C)(CON1C(C)(CC)CC(=O)C(C)C1(C)CC)C(=O)OCC(F)(F)C(F)C(F)(F)F.CCCCOC(=O)C(CC(C)c1ccccc1)ON1C(C)(CC)CC(=O)C(C)C1(C)CC. The Labute approximate surface area is 564 Å². The van der Waals surface area contributed by atoms with Crippen molar-refractivity contribution in [3.8, 4) is 0 Å². The molecule has 2 saturated heterocycles. The summed E-state index contributed by atoms with van der Waals surface area (Å²) in [6.45, 7) is 28.7. The van der Waals surface area contributed by atoms with E-state index in [9.17, 15) is 81.5 Å². The number of esters is 4. The summed E-state index contributed by atoms with van der Waals surface area (Å²) in [5.41, 5.74) is -2.77. The van der Waals surface area contributed by atoms with Gasteiger partial charge in [0.25, 0.3) is 12.3 Å². The fourth-order valence-electron chi connectivity index (χ4n) is 11.7. The van der Waals surface area contributed by atoms with E-state index in [0.29, 0.717) is 38.7 Å². The van der Waals surface area contributed by atoms with E-state index >= 15 is 0 Å². The standard InChI is InChI=1S/C36H53F6NO6.C27H43NO4.C8H8F6O2/c1-9-12-18-47-29(45)27(19-24(4)26-16-14-13-15-17-26)20-32(6,31(46)48-23-35(38,39)30(37)36(40,41)42)22-49-43-33(7,10-2)21-28(44)25(5)34(43,8)11-3;1-8-11-17-31-25(30)24(18-20(4)22-15-13-12-14-16-22)32-28-26(6,9-2)19-23(29)21(5)27(28,7)10-3;1-4(2)5(15)16-3-7(10,11)6(9)8(12,13)14/h13-17,24-25,27,30H,9-12,18-23H2,1-8H3;12-16,20-21,24H,8-11,17-19H2,1-7H3;6H,1,3H2,2H3. The number of nitrogens with zero attached hydrogens (tertiary/aromatic N) is 2. The van der Waals surface area contributed by atoms with Gasteiger partial charge in [0.2, 0.25) is 0 Å². The van der Waals surface area contributed by atoms with Gasteiger partial charge >= 0.3 is 48.1 Å². The number of carbonyl (C=O) groups excluding carboxylic acids is 6. The van der Waals surface area contributed by atoms with E-state index in [4.69, 9.17) is 23.9 Å². The van der Waals surface area contributed by atoms with Crippen molar-refractivity contribution >= 4 is 35.4 Å². The minimum Gasteiger partial charge on any atom is -0.465 e. The molecule has 0 aliphatic carbocycles. The van der Waals surface area contributed by atoms with Gasteiger partial charge in [-0.2, -0.15) is 54.0 Å². The fourth-order valence-corrected chi connectivity index (χ4v) is 11.7. The van der Waals surface area contributed by atoms with Crippen molar-refractivity contribution in [2.45, 2.75) is 271 Å². The lowest BCUT2D eigenvalue weighted by molar-refractivity contribution is -0.314. The van der Waals surface area contributed by atoms with Crippen LogP contribution in [0.3, 0.4) is 0 Å². The Morgan fingerprint density at radius 1 is 0.577 bits per heavy atom. The van der Waals surface area contributed by atoms with Crippen LogP contribution in [0.4, 0.5) is 52.7 Å². The first-order valence-electron chi connectivity index (χ1n) is 33.3. The van der Waals surface area contributed by atoms with E-state index in [1.807, 2.05) is 102 Å². The number of halogens is 12. The Kier molecular flexibility index (Phi) is 33.5. The predicted octanol–water partition coefficient (Wildman–Crippen LogP) is 17.5. The number of carbonyl (C=O) groups is 6. The van der Waals surface area contributed by atoms with E-state index in [1.165, 1.54) is 12.5 Å². The van der Waals surface area contributed by atoms with Crippen LogP contribution in [-0.2, 0) is 57.4 Å². The zero-order valence-corrected chi connectivity index (χ0v) is 59.2. The zero-order valence-electron chi connectivity index (χ0n) is 59.2. The molecule has 0 aromatic heterocycles. The van der Waals surface area contributed by atoms with Crippen molar-refractivity contribution < 1.29 is 110 Å². The van der Waals surface area contributed by atoms with E-state index in [0.717, 1.165) is 44.6 Å². The number of hydrogen-bond acceptors (Lipinski definition) is 14. The molecule has 4 rings (SSSR count). The molecule has 97 heavy (non-hydrogen) atoms. The first-order chi connectivity index (χ1) is 44.7. The third-order valence-electron chi connectivity index (χ3n) is 19.2. The van der Waals surface area contributed by atoms with Crippen molar-refractivity contribution in [1.82, 2.24) is 10.1 Å². The highest BCUT2D eigenvalue weighted by molar-refractivity contribution is 5.87. The number of alkyl halides is 12. The molecule has 13 atom stereocenters. The number of piperidine rings is 2. The summed E-state index contributed by atoms with van der Waals surface area (Å²) >= 11 is 0. The monoisotopic (exact) mass is 1400 g/mol. The largest absolute Gasteiger partial charge is 0.465 e. The van der Waals surface area contributed by atoms with Crippen molar-refractivity contribution in [3.05, 3.63) is 83.9 Å². The topological polar surface area (TPSA) is 164 Å². The zero-order chi connectivity index (χ0) is 74.5. The maximum atomic E-state index is 14.3. The molecule has 26 heteroatoms. The summed E-state index contributed by atoms with van der Waals surface area (Å²) in [6, 6.07) is 19.4. The summed E-state index contributed by atoms with van der Waals surface area (Å²) in [6.07, 6.45) is -14.8. The van der Waals surface area contributed by atoms with Gasteiger partial charge in [-0.15, -0.1) is 0 Å². The lowest BCUT2D eigenvalue weighted by atomic mass is 9.70. The summed E-state index contributed by atoms with van der Waals surface area (Å²) in [5.74, 6) is -15.0. The quantitative estimate of drug-likeness (QED) is 0.0218. The second-order valence-corrected chi connectivity index (χ2v) is 27.2. The summed E-state index contributed by atoms with van der Waals surface area (Å²) < 4.78 is 173. The molecule has 0 N–H and O–H groups in total. The number of benzene rings is 2. The van der Waals surface area contributed by atoms with Gasteiger partial charge < -0.3 is 18.9 Å². The van der Waals surface area contributed by atoms with E-state index in [-0.39, 0.29) is 66.7 Å². The van der Waals surface area contributed by atoms with Gasteiger partial charge in [0, 0.05) is 30.3 Å². The highest BCUT2D eigenvalue weighted by atomic mass is 19.4. The molecule has 2 fully saturated rings. The molecule has 554 valence electrons. The van der Waals surface area contributed by atoms with Gasteiger partial charge in [-0.3, -0.25) is 28.9 Å². The first-order valence-corrected chi connectivity index (χ1v) is 33.3. The number of hydroxylamine groups is 4. The smallest absolute Gasteiger partial charge is 0.425 e. The average Bonchev–Trinajstić information content (AvgIpc) is 0.749. The number of rotatable bonds is 33. The summed E-state index contributed by atoms with van der Waals surface area (Å²) in [4.78, 5) is 90.0. The van der Waals surface area contributed by atoms with Crippen molar-refractivity contribution in [3.63, 3.8) is 0 Å². The van der Waals surface area contributed by atoms with Gasteiger partial charge in [0.05, 0.1) is 53.3 Å². The second-order valence-electron chi connectivity index (χ2n) is 27.2.